The molecule has 1 N–H and O–H groups in total. The largest absolute Gasteiger partial charge is 0.462 e. The van der Waals surface area contributed by atoms with E-state index in [9.17, 15) is 9.18 Å². The SMILES string of the molecule is CCOC(=O)c1cnc2ccc(F)cc2c1NCc1ncnn1C. The summed E-state index contributed by atoms with van der Waals surface area (Å²) in [7, 11) is 1.76. The first kappa shape index (κ1) is 15.9. The lowest BCUT2D eigenvalue weighted by Crippen LogP contribution is -2.13. The van der Waals surface area contributed by atoms with Crippen molar-refractivity contribution in [1.29, 1.82) is 0 Å². The maximum absolute atomic E-state index is 13.7. The average Bonchev–Trinajstić information content (AvgIpc) is 2.97. The molecule has 0 radical (unpaired) electrons. The molecule has 0 unspecified atom stereocenters. The van der Waals surface area contributed by atoms with Crippen LogP contribution in [0.2, 0.25) is 0 Å². The standard InChI is InChI=1S/C16H16FN5O2/c1-3-24-16(23)12-7-18-13-5-4-10(17)6-11(13)15(12)19-8-14-20-9-21-22(14)2/h4-7,9H,3,8H2,1-2H3,(H,18,19). The Bertz CT molecular complexity index is 893. The van der Waals surface area contributed by atoms with E-state index in [4.69, 9.17) is 4.74 Å². The molecule has 0 bridgehead atoms. The highest BCUT2D eigenvalue weighted by molar-refractivity contribution is 6.04. The van der Waals surface area contributed by atoms with Crippen molar-refractivity contribution >= 4 is 22.6 Å². The van der Waals surface area contributed by atoms with Crippen molar-refractivity contribution in [2.24, 2.45) is 7.05 Å². The molecule has 0 saturated carbocycles. The van der Waals surface area contributed by atoms with Crippen molar-refractivity contribution in [3.8, 4) is 0 Å². The fourth-order valence-electron chi connectivity index (χ4n) is 2.37. The number of nitrogens with zero attached hydrogens (tertiary/aromatic N) is 4. The summed E-state index contributed by atoms with van der Waals surface area (Å²) in [6, 6.07) is 4.23. The molecule has 0 amide bonds. The Morgan fingerprint density at radius 2 is 2.21 bits per heavy atom. The first-order valence-electron chi connectivity index (χ1n) is 7.42. The van der Waals surface area contributed by atoms with Crippen LogP contribution in [-0.4, -0.2) is 32.3 Å². The molecular formula is C16H16FN5O2. The van der Waals surface area contributed by atoms with Gasteiger partial charge in [-0.1, -0.05) is 0 Å². The molecule has 7 nitrogen and oxygen atoms in total. The van der Waals surface area contributed by atoms with Gasteiger partial charge in [-0.05, 0) is 25.1 Å². The highest BCUT2D eigenvalue weighted by atomic mass is 19.1. The normalized spacial score (nSPS) is 10.8. The Morgan fingerprint density at radius 3 is 2.92 bits per heavy atom. The molecule has 0 aliphatic heterocycles. The van der Waals surface area contributed by atoms with Gasteiger partial charge in [-0.25, -0.2) is 14.2 Å². The van der Waals surface area contributed by atoms with Crippen LogP contribution >= 0.6 is 0 Å². The van der Waals surface area contributed by atoms with Gasteiger partial charge in [0.1, 0.15) is 23.5 Å². The third-order valence-electron chi connectivity index (χ3n) is 3.55. The number of aromatic nitrogens is 4. The third kappa shape index (κ3) is 3.03. The lowest BCUT2D eigenvalue weighted by atomic mass is 10.1. The molecule has 0 saturated heterocycles. The second-order valence-electron chi connectivity index (χ2n) is 5.08. The van der Waals surface area contributed by atoms with Crippen LogP contribution in [0.25, 0.3) is 10.9 Å². The Morgan fingerprint density at radius 1 is 1.38 bits per heavy atom. The summed E-state index contributed by atoms with van der Waals surface area (Å²) in [6.45, 7) is 2.28. The van der Waals surface area contributed by atoms with Crippen LogP contribution in [0.5, 0.6) is 0 Å². The fourth-order valence-corrected chi connectivity index (χ4v) is 2.37. The van der Waals surface area contributed by atoms with E-state index in [1.54, 1.807) is 24.7 Å². The number of hydrogen-bond acceptors (Lipinski definition) is 6. The number of rotatable bonds is 5. The second kappa shape index (κ2) is 6.61. The third-order valence-corrected chi connectivity index (χ3v) is 3.55. The minimum absolute atomic E-state index is 0.239. The molecule has 0 aliphatic rings. The van der Waals surface area contributed by atoms with Gasteiger partial charge in [-0.15, -0.1) is 0 Å². The number of anilines is 1. The number of fused-ring (bicyclic) bond motifs is 1. The molecule has 2 heterocycles. The molecule has 8 heteroatoms. The Hall–Kier alpha value is -3.03. The van der Waals surface area contributed by atoms with Crippen LogP contribution in [0.4, 0.5) is 10.1 Å². The number of pyridine rings is 1. The highest BCUT2D eigenvalue weighted by Crippen LogP contribution is 2.27. The van der Waals surface area contributed by atoms with Crippen LogP contribution in [0.15, 0.2) is 30.7 Å². The molecule has 3 aromatic rings. The van der Waals surface area contributed by atoms with E-state index in [0.29, 0.717) is 29.0 Å². The maximum atomic E-state index is 13.7. The van der Waals surface area contributed by atoms with Gasteiger partial charge in [0.15, 0.2) is 0 Å². The predicted octanol–water partition coefficient (Wildman–Crippen LogP) is 2.29. The number of ether oxygens (including phenoxy) is 1. The van der Waals surface area contributed by atoms with Crippen molar-refractivity contribution in [2.75, 3.05) is 11.9 Å². The van der Waals surface area contributed by atoms with E-state index in [0.717, 1.165) is 0 Å². The van der Waals surface area contributed by atoms with E-state index in [-0.39, 0.29) is 12.2 Å². The first-order chi connectivity index (χ1) is 11.6. The minimum Gasteiger partial charge on any atom is -0.462 e. The second-order valence-corrected chi connectivity index (χ2v) is 5.08. The Balaban J connectivity index is 2.06. The van der Waals surface area contributed by atoms with Gasteiger partial charge in [0, 0.05) is 18.6 Å². The average molecular weight is 329 g/mol. The number of carbonyl (C=O) groups is 1. The highest BCUT2D eigenvalue weighted by Gasteiger charge is 2.17. The molecular weight excluding hydrogens is 313 g/mol. The van der Waals surface area contributed by atoms with Gasteiger partial charge >= 0.3 is 5.97 Å². The summed E-state index contributed by atoms with van der Waals surface area (Å²) in [5.41, 5.74) is 1.28. The predicted molar refractivity (Wildman–Crippen MR) is 86.0 cm³/mol. The zero-order valence-electron chi connectivity index (χ0n) is 13.3. The molecule has 1 aromatic carbocycles. The van der Waals surface area contributed by atoms with Gasteiger partial charge in [-0.3, -0.25) is 9.67 Å². The monoisotopic (exact) mass is 329 g/mol. The number of hydrogen-bond donors (Lipinski definition) is 1. The number of carbonyl (C=O) groups excluding carboxylic acids is 1. The van der Waals surface area contributed by atoms with Crippen molar-refractivity contribution in [1.82, 2.24) is 19.7 Å². The lowest BCUT2D eigenvalue weighted by Gasteiger charge is -2.13. The van der Waals surface area contributed by atoms with Crippen LogP contribution in [0, 0.1) is 5.82 Å². The van der Waals surface area contributed by atoms with E-state index in [2.05, 4.69) is 20.4 Å². The Labute approximate surface area is 137 Å². The number of benzene rings is 1. The van der Waals surface area contributed by atoms with Gasteiger partial charge in [-0.2, -0.15) is 5.10 Å². The molecule has 2 aromatic heterocycles. The number of nitrogens with one attached hydrogen (secondary N) is 1. The lowest BCUT2D eigenvalue weighted by molar-refractivity contribution is 0.0527. The molecule has 0 atom stereocenters. The smallest absolute Gasteiger partial charge is 0.341 e. The quantitative estimate of drug-likeness (QED) is 0.723. The fraction of sp³-hybridized carbons (Fsp3) is 0.250. The van der Waals surface area contributed by atoms with Crippen molar-refractivity contribution in [3.63, 3.8) is 0 Å². The number of halogens is 1. The summed E-state index contributed by atoms with van der Waals surface area (Å²) < 4.78 is 20.4. The molecule has 3 rings (SSSR count). The van der Waals surface area contributed by atoms with E-state index in [1.165, 1.54) is 24.7 Å². The van der Waals surface area contributed by atoms with Crippen molar-refractivity contribution < 1.29 is 13.9 Å². The number of esters is 1. The van der Waals surface area contributed by atoms with Gasteiger partial charge in [0.05, 0.1) is 24.4 Å². The van der Waals surface area contributed by atoms with E-state index in [1.807, 2.05) is 0 Å². The zero-order chi connectivity index (χ0) is 17.1. The maximum Gasteiger partial charge on any atom is 0.341 e. The van der Waals surface area contributed by atoms with E-state index < -0.39 is 11.8 Å². The van der Waals surface area contributed by atoms with Crippen molar-refractivity contribution in [3.05, 3.63) is 47.9 Å². The topological polar surface area (TPSA) is 81.9 Å². The van der Waals surface area contributed by atoms with Gasteiger partial charge in [0.2, 0.25) is 0 Å². The van der Waals surface area contributed by atoms with Crippen LogP contribution in [0.1, 0.15) is 23.1 Å². The zero-order valence-corrected chi connectivity index (χ0v) is 13.3. The molecule has 0 aliphatic carbocycles. The Kier molecular flexibility index (Phi) is 4.37. The van der Waals surface area contributed by atoms with E-state index >= 15 is 0 Å². The first-order valence-corrected chi connectivity index (χ1v) is 7.42. The summed E-state index contributed by atoms with van der Waals surface area (Å²) in [4.78, 5) is 20.5. The molecule has 24 heavy (non-hydrogen) atoms. The summed E-state index contributed by atoms with van der Waals surface area (Å²) in [5, 5.41) is 7.63. The van der Waals surface area contributed by atoms with Crippen LogP contribution in [0.3, 0.4) is 0 Å². The summed E-state index contributed by atoms with van der Waals surface area (Å²) >= 11 is 0. The molecule has 0 fully saturated rings. The molecule has 0 spiro atoms. The van der Waals surface area contributed by atoms with Crippen LogP contribution < -0.4 is 5.32 Å². The summed E-state index contributed by atoms with van der Waals surface area (Å²) in [6.07, 6.45) is 2.87. The number of aryl methyl sites for hydroxylation is 1. The minimum atomic E-state index is -0.517. The van der Waals surface area contributed by atoms with Crippen LogP contribution in [-0.2, 0) is 18.3 Å². The van der Waals surface area contributed by atoms with Crippen molar-refractivity contribution in [2.45, 2.75) is 13.5 Å². The summed E-state index contributed by atoms with van der Waals surface area (Å²) in [5.74, 6) is -0.255. The molecule has 124 valence electrons. The van der Waals surface area contributed by atoms with Gasteiger partial charge < -0.3 is 10.1 Å². The van der Waals surface area contributed by atoms with Gasteiger partial charge in [0.25, 0.3) is 0 Å².